The molecule has 0 heterocycles. The average Bonchev–Trinajstić information content (AvgIpc) is 2.50. The summed E-state index contributed by atoms with van der Waals surface area (Å²) in [6.07, 6.45) is 4.25. The van der Waals surface area contributed by atoms with Crippen LogP contribution in [0.3, 0.4) is 0 Å². The average molecular weight is 124 g/mol. The Labute approximate surface area is 55.7 Å². The first-order chi connectivity index (χ1) is 4.33. The Morgan fingerprint density at radius 3 is 2.78 bits per heavy atom. The zero-order valence-corrected chi connectivity index (χ0v) is 5.51. The van der Waals surface area contributed by atoms with E-state index in [1.54, 1.807) is 0 Å². The van der Waals surface area contributed by atoms with E-state index in [0.29, 0.717) is 6.42 Å². The van der Waals surface area contributed by atoms with Gasteiger partial charge in [-0.25, -0.2) is 0 Å². The van der Waals surface area contributed by atoms with Gasteiger partial charge in [-0.05, 0) is 12.3 Å². The van der Waals surface area contributed by atoms with Crippen LogP contribution in [0.15, 0.2) is 0 Å². The van der Waals surface area contributed by atoms with Gasteiger partial charge in [-0.15, -0.1) is 0 Å². The lowest BCUT2D eigenvalue weighted by Crippen LogP contribution is -2.19. The van der Waals surface area contributed by atoms with Crippen LogP contribution >= 0.6 is 0 Å². The third-order valence-corrected chi connectivity index (χ3v) is 1.69. The van der Waals surface area contributed by atoms with Crippen molar-refractivity contribution < 1.29 is 0 Å². The van der Waals surface area contributed by atoms with Crippen molar-refractivity contribution in [2.24, 2.45) is 11.7 Å². The zero-order chi connectivity index (χ0) is 6.69. The molecule has 1 rings (SSSR count). The first kappa shape index (κ1) is 6.57. The van der Waals surface area contributed by atoms with Gasteiger partial charge < -0.3 is 5.73 Å². The fourth-order valence-corrected chi connectivity index (χ4v) is 0.982. The molecule has 9 heavy (non-hydrogen) atoms. The maximum atomic E-state index is 8.24. The highest BCUT2D eigenvalue weighted by Crippen LogP contribution is 2.33. The molecule has 1 fully saturated rings. The third kappa shape index (κ3) is 2.48. The molecule has 50 valence electrons. The fourth-order valence-electron chi connectivity index (χ4n) is 0.982. The lowest BCUT2D eigenvalue weighted by molar-refractivity contribution is 0.579. The van der Waals surface area contributed by atoms with Gasteiger partial charge in [0.15, 0.2) is 0 Å². The van der Waals surface area contributed by atoms with Crippen LogP contribution in [0.1, 0.15) is 25.7 Å². The van der Waals surface area contributed by atoms with E-state index in [9.17, 15) is 0 Å². The van der Waals surface area contributed by atoms with Gasteiger partial charge in [-0.3, -0.25) is 0 Å². The SMILES string of the molecule is N#CC[C@@H](N)CC1CC1. The molecule has 0 aromatic heterocycles. The monoisotopic (exact) mass is 124 g/mol. The van der Waals surface area contributed by atoms with Gasteiger partial charge in [0.1, 0.15) is 0 Å². The van der Waals surface area contributed by atoms with E-state index in [2.05, 4.69) is 6.07 Å². The van der Waals surface area contributed by atoms with Crippen molar-refractivity contribution in [1.82, 2.24) is 0 Å². The summed E-state index contributed by atoms with van der Waals surface area (Å²) < 4.78 is 0. The van der Waals surface area contributed by atoms with Crippen LogP contribution < -0.4 is 5.73 Å². The summed E-state index contributed by atoms with van der Waals surface area (Å²) in [6.45, 7) is 0. The summed E-state index contributed by atoms with van der Waals surface area (Å²) in [7, 11) is 0. The fraction of sp³-hybridized carbons (Fsp3) is 0.857. The highest BCUT2D eigenvalue weighted by Gasteiger charge is 2.23. The molecule has 1 aliphatic carbocycles. The Morgan fingerprint density at radius 2 is 2.33 bits per heavy atom. The zero-order valence-electron chi connectivity index (χ0n) is 5.51. The molecule has 0 aliphatic heterocycles. The van der Waals surface area contributed by atoms with E-state index in [-0.39, 0.29) is 6.04 Å². The van der Waals surface area contributed by atoms with Crippen LogP contribution in [0.4, 0.5) is 0 Å². The van der Waals surface area contributed by atoms with Crippen LogP contribution in [-0.2, 0) is 0 Å². The van der Waals surface area contributed by atoms with E-state index in [0.717, 1.165) is 12.3 Å². The number of hydrogen-bond acceptors (Lipinski definition) is 2. The van der Waals surface area contributed by atoms with Crippen LogP contribution in [0.2, 0.25) is 0 Å². The van der Waals surface area contributed by atoms with Crippen LogP contribution in [0.5, 0.6) is 0 Å². The Morgan fingerprint density at radius 1 is 1.67 bits per heavy atom. The second-order valence-corrected chi connectivity index (χ2v) is 2.80. The van der Waals surface area contributed by atoms with E-state index in [4.69, 9.17) is 11.0 Å². The van der Waals surface area contributed by atoms with Gasteiger partial charge >= 0.3 is 0 Å². The lowest BCUT2D eigenvalue weighted by atomic mass is 10.1. The lowest BCUT2D eigenvalue weighted by Gasteiger charge is -2.03. The maximum absolute atomic E-state index is 8.24. The van der Waals surface area contributed by atoms with Gasteiger partial charge in [0.2, 0.25) is 0 Å². The Hall–Kier alpha value is -0.550. The molecular formula is C7H12N2. The molecule has 1 saturated carbocycles. The molecule has 2 N–H and O–H groups in total. The summed E-state index contributed by atoms with van der Waals surface area (Å²) in [6, 6.07) is 2.22. The van der Waals surface area contributed by atoms with Crippen LogP contribution in [0, 0.1) is 17.2 Å². The van der Waals surface area contributed by atoms with Crippen molar-refractivity contribution in [3.63, 3.8) is 0 Å². The largest absolute Gasteiger partial charge is 0.327 e. The van der Waals surface area contributed by atoms with Crippen molar-refractivity contribution in [1.29, 1.82) is 5.26 Å². The molecule has 0 radical (unpaired) electrons. The summed E-state index contributed by atoms with van der Waals surface area (Å²) in [5.41, 5.74) is 5.60. The number of nitrogens with two attached hydrogens (primary N) is 1. The number of rotatable bonds is 3. The highest BCUT2D eigenvalue weighted by molar-refractivity contribution is 4.84. The minimum absolute atomic E-state index is 0.141. The predicted octanol–water partition coefficient (Wildman–Crippen LogP) is 1.03. The third-order valence-electron chi connectivity index (χ3n) is 1.69. The summed E-state index contributed by atoms with van der Waals surface area (Å²) in [5.74, 6) is 0.855. The van der Waals surface area contributed by atoms with Crippen molar-refractivity contribution in [3.8, 4) is 6.07 Å². The molecule has 0 spiro atoms. The first-order valence-corrected chi connectivity index (χ1v) is 3.45. The number of hydrogen-bond donors (Lipinski definition) is 1. The first-order valence-electron chi connectivity index (χ1n) is 3.45. The van der Waals surface area contributed by atoms with E-state index in [1.165, 1.54) is 12.8 Å². The van der Waals surface area contributed by atoms with Crippen molar-refractivity contribution in [2.75, 3.05) is 0 Å². The van der Waals surface area contributed by atoms with Gasteiger partial charge in [-0.2, -0.15) is 5.26 Å². The smallest absolute Gasteiger partial charge is 0.0638 e. The van der Waals surface area contributed by atoms with Crippen LogP contribution in [0.25, 0.3) is 0 Å². The number of nitriles is 1. The second-order valence-electron chi connectivity index (χ2n) is 2.80. The molecule has 0 aromatic carbocycles. The maximum Gasteiger partial charge on any atom is 0.0638 e. The van der Waals surface area contributed by atoms with Gasteiger partial charge in [0.25, 0.3) is 0 Å². The Bertz CT molecular complexity index is 121. The van der Waals surface area contributed by atoms with E-state index < -0.39 is 0 Å². The normalized spacial score (nSPS) is 20.9. The van der Waals surface area contributed by atoms with Gasteiger partial charge in [0.05, 0.1) is 12.5 Å². The quantitative estimate of drug-likeness (QED) is 0.610. The molecule has 0 aromatic rings. The predicted molar refractivity (Wildman–Crippen MR) is 35.5 cm³/mol. The molecule has 0 saturated heterocycles. The minimum atomic E-state index is 0.141. The second kappa shape index (κ2) is 2.84. The molecule has 1 aliphatic rings. The molecule has 1 atom stereocenters. The van der Waals surface area contributed by atoms with Crippen molar-refractivity contribution >= 4 is 0 Å². The van der Waals surface area contributed by atoms with E-state index in [1.807, 2.05) is 0 Å². The Kier molecular flexibility index (Phi) is 2.07. The summed E-state index contributed by atoms with van der Waals surface area (Å²) in [4.78, 5) is 0. The topological polar surface area (TPSA) is 49.8 Å². The molecule has 2 nitrogen and oxygen atoms in total. The minimum Gasteiger partial charge on any atom is -0.327 e. The van der Waals surface area contributed by atoms with Gasteiger partial charge in [-0.1, -0.05) is 12.8 Å². The number of nitrogens with zero attached hydrogens (tertiary/aromatic N) is 1. The standard InChI is InChI=1S/C7H12N2/c8-4-3-7(9)5-6-1-2-6/h6-7H,1-3,5,9H2/t7-/m1/s1. The van der Waals surface area contributed by atoms with Crippen molar-refractivity contribution in [2.45, 2.75) is 31.7 Å². The summed E-state index contributed by atoms with van der Waals surface area (Å²) in [5, 5.41) is 8.24. The van der Waals surface area contributed by atoms with Gasteiger partial charge in [0, 0.05) is 6.04 Å². The van der Waals surface area contributed by atoms with Crippen molar-refractivity contribution in [3.05, 3.63) is 0 Å². The highest BCUT2D eigenvalue weighted by atomic mass is 14.6. The molecule has 2 heteroatoms. The van der Waals surface area contributed by atoms with E-state index >= 15 is 0 Å². The molecule has 0 bridgehead atoms. The Balaban J connectivity index is 2.03. The molecule has 0 amide bonds. The molecular weight excluding hydrogens is 112 g/mol. The van der Waals surface area contributed by atoms with Crippen LogP contribution in [-0.4, -0.2) is 6.04 Å². The molecule has 0 unspecified atom stereocenters. The summed E-state index contributed by atoms with van der Waals surface area (Å²) >= 11 is 0.